The van der Waals surface area contributed by atoms with Gasteiger partial charge in [-0.2, -0.15) is 10.2 Å². The lowest BCUT2D eigenvalue weighted by atomic mass is 10.1. The van der Waals surface area contributed by atoms with Crippen molar-refractivity contribution in [2.75, 3.05) is 5.32 Å². The third-order valence-corrected chi connectivity index (χ3v) is 7.01. The van der Waals surface area contributed by atoms with E-state index < -0.39 is 23.1 Å². The molecule has 3 aromatic heterocycles. The third-order valence-electron chi connectivity index (χ3n) is 7.01. The molecule has 0 radical (unpaired) electrons. The molecule has 0 fully saturated rings. The Bertz CT molecular complexity index is 2070. The number of carbonyl (C=O) groups is 1. The number of nitrogens with zero attached hydrogens (tertiary/aromatic N) is 4. The van der Waals surface area contributed by atoms with Crippen molar-refractivity contribution < 1.29 is 23.0 Å². The number of benzene rings is 3. The SMILES string of the molecule is CCn1ncc2cc(Oc3c(F)cccc3NC(=O)c3ccc(OC(C)C)n(-c4ccc(F)cc4)c3=O)c(-c3cn[nH]c3)cc21. The molecule has 0 atom stereocenters. The topological polar surface area (TPSA) is 116 Å². The molecule has 6 aromatic rings. The van der Waals surface area contributed by atoms with E-state index >= 15 is 4.39 Å². The molecule has 45 heavy (non-hydrogen) atoms. The highest BCUT2D eigenvalue weighted by Crippen LogP contribution is 2.40. The number of aryl methyl sites for hydroxylation is 1. The van der Waals surface area contributed by atoms with Crippen molar-refractivity contribution in [2.45, 2.75) is 33.4 Å². The lowest BCUT2D eigenvalue weighted by Crippen LogP contribution is -2.30. The number of H-pyrrole nitrogens is 1. The van der Waals surface area contributed by atoms with E-state index in [4.69, 9.17) is 9.47 Å². The summed E-state index contributed by atoms with van der Waals surface area (Å²) in [5, 5.41) is 14.6. The van der Waals surface area contributed by atoms with Gasteiger partial charge >= 0.3 is 0 Å². The van der Waals surface area contributed by atoms with Gasteiger partial charge in [0.25, 0.3) is 11.5 Å². The van der Waals surface area contributed by atoms with E-state index in [2.05, 4.69) is 20.6 Å². The molecule has 3 heterocycles. The van der Waals surface area contributed by atoms with Crippen LogP contribution in [0.5, 0.6) is 17.4 Å². The Kier molecular flexibility index (Phi) is 7.86. The average molecular weight is 611 g/mol. The number of pyridine rings is 1. The number of halogens is 2. The molecule has 6 rings (SSSR count). The molecule has 0 saturated heterocycles. The first-order valence-electron chi connectivity index (χ1n) is 14.2. The van der Waals surface area contributed by atoms with E-state index in [1.807, 2.05) is 17.7 Å². The fourth-order valence-corrected chi connectivity index (χ4v) is 4.94. The average Bonchev–Trinajstić information content (AvgIpc) is 3.69. The molecule has 0 bridgehead atoms. The number of ether oxygens (including phenoxy) is 2. The molecular formula is C33H28F2N6O4. The largest absolute Gasteiger partial charge is 0.476 e. The minimum atomic E-state index is -0.808. The van der Waals surface area contributed by atoms with Crippen LogP contribution in [0.2, 0.25) is 0 Å². The summed E-state index contributed by atoms with van der Waals surface area (Å²) in [5.74, 6) is -1.82. The number of rotatable bonds is 9. The number of hydrogen-bond donors (Lipinski definition) is 2. The maximum atomic E-state index is 15.4. The fraction of sp³-hybridized carbons (Fsp3) is 0.152. The van der Waals surface area contributed by atoms with Gasteiger partial charge < -0.3 is 14.8 Å². The zero-order valence-electron chi connectivity index (χ0n) is 24.5. The molecule has 2 N–H and O–H groups in total. The summed E-state index contributed by atoms with van der Waals surface area (Å²) in [5.41, 5.74) is 1.51. The number of nitrogens with one attached hydrogen (secondary N) is 2. The second-order valence-electron chi connectivity index (χ2n) is 10.4. The molecular weight excluding hydrogens is 582 g/mol. The molecule has 3 aromatic carbocycles. The number of anilines is 1. The number of amides is 1. The second-order valence-corrected chi connectivity index (χ2v) is 10.4. The summed E-state index contributed by atoms with van der Waals surface area (Å²) in [6.07, 6.45) is 4.70. The smallest absolute Gasteiger partial charge is 0.270 e. The van der Waals surface area contributed by atoms with Crippen LogP contribution >= 0.6 is 0 Å². The van der Waals surface area contributed by atoms with Crippen LogP contribution in [0, 0.1) is 11.6 Å². The number of aromatic amines is 1. The van der Waals surface area contributed by atoms with Crippen molar-refractivity contribution in [3.8, 4) is 34.2 Å². The molecule has 0 saturated carbocycles. The Labute approximate surface area is 255 Å². The van der Waals surface area contributed by atoms with Crippen LogP contribution in [0.4, 0.5) is 14.5 Å². The number of para-hydroxylation sites is 1. The Balaban J connectivity index is 1.39. The van der Waals surface area contributed by atoms with Gasteiger partial charge in [-0.3, -0.25) is 19.4 Å². The van der Waals surface area contributed by atoms with Crippen molar-refractivity contribution in [1.82, 2.24) is 24.5 Å². The van der Waals surface area contributed by atoms with Gasteiger partial charge in [0.05, 0.1) is 35.4 Å². The van der Waals surface area contributed by atoms with Crippen LogP contribution in [-0.4, -0.2) is 36.6 Å². The zero-order chi connectivity index (χ0) is 31.7. The summed E-state index contributed by atoms with van der Waals surface area (Å²) in [6, 6.07) is 15.7. The lowest BCUT2D eigenvalue weighted by molar-refractivity contribution is 0.102. The molecule has 228 valence electrons. The van der Waals surface area contributed by atoms with Crippen LogP contribution in [0.15, 0.2) is 90.1 Å². The maximum absolute atomic E-state index is 15.4. The first-order valence-corrected chi connectivity index (χ1v) is 14.2. The molecule has 0 aliphatic heterocycles. The van der Waals surface area contributed by atoms with Crippen molar-refractivity contribution in [1.29, 1.82) is 0 Å². The molecule has 1 amide bonds. The summed E-state index contributed by atoms with van der Waals surface area (Å²) in [4.78, 5) is 27.2. The highest BCUT2D eigenvalue weighted by atomic mass is 19.1. The van der Waals surface area contributed by atoms with E-state index in [0.29, 0.717) is 29.1 Å². The van der Waals surface area contributed by atoms with Gasteiger partial charge in [0.1, 0.15) is 17.1 Å². The number of aromatic nitrogens is 5. The van der Waals surface area contributed by atoms with Crippen molar-refractivity contribution in [2.24, 2.45) is 0 Å². The van der Waals surface area contributed by atoms with Gasteiger partial charge in [-0.1, -0.05) is 6.07 Å². The van der Waals surface area contributed by atoms with Crippen molar-refractivity contribution in [3.63, 3.8) is 0 Å². The van der Waals surface area contributed by atoms with Crippen LogP contribution in [0.25, 0.3) is 27.7 Å². The Morgan fingerprint density at radius 1 is 1.04 bits per heavy atom. The Morgan fingerprint density at radius 3 is 2.56 bits per heavy atom. The molecule has 0 unspecified atom stereocenters. The van der Waals surface area contributed by atoms with Crippen LogP contribution in [-0.2, 0) is 6.54 Å². The van der Waals surface area contributed by atoms with E-state index in [1.54, 1.807) is 38.5 Å². The van der Waals surface area contributed by atoms with Gasteiger partial charge in [-0.05, 0) is 81.4 Å². The first-order chi connectivity index (χ1) is 21.7. The summed E-state index contributed by atoms with van der Waals surface area (Å²) < 4.78 is 44.0. The van der Waals surface area contributed by atoms with Gasteiger partial charge in [0.15, 0.2) is 11.6 Å². The van der Waals surface area contributed by atoms with Crippen molar-refractivity contribution in [3.05, 3.63) is 113 Å². The van der Waals surface area contributed by atoms with Gasteiger partial charge in [-0.15, -0.1) is 0 Å². The number of carbonyl (C=O) groups excluding carboxylic acids is 1. The molecule has 0 spiro atoms. The second kappa shape index (κ2) is 12.1. The first kappa shape index (κ1) is 29.3. The monoisotopic (exact) mass is 610 g/mol. The van der Waals surface area contributed by atoms with Crippen LogP contribution in [0.1, 0.15) is 31.1 Å². The van der Waals surface area contributed by atoms with Gasteiger partial charge in [0.2, 0.25) is 5.88 Å². The van der Waals surface area contributed by atoms with Crippen LogP contribution in [0.3, 0.4) is 0 Å². The molecule has 10 nitrogen and oxygen atoms in total. The number of fused-ring (bicyclic) bond motifs is 1. The normalized spacial score (nSPS) is 11.2. The summed E-state index contributed by atoms with van der Waals surface area (Å²) in [7, 11) is 0. The summed E-state index contributed by atoms with van der Waals surface area (Å²) in [6.45, 7) is 6.20. The highest BCUT2D eigenvalue weighted by Gasteiger charge is 2.22. The maximum Gasteiger partial charge on any atom is 0.270 e. The highest BCUT2D eigenvalue weighted by molar-refractivity contribution is 6.05. The van der Waals surface area contributed by atoms with Crippen molar-refractivity contribution >= 4 is 22.5 Å². The minimum Gasteiger partial charge on any atom is -0.476 e. The number of hydrogen-bond acceptors (Lipinski definition) is 6. The predicted molar refractivity (Wildman–Crippen MR) is 165 cm³/mol. The fourth-order valence-electron chi connectivity index (χ4n) is 4.94. The molecule has 0 aliphatic carbocycles. The van der Waals surface area contributed by atoms with E-state index in [1.165, 1.54) is 59.2 Å². The zero-order valence-corrected chi connectivity index (χ0v) is 24.5. The Hall–Kier alpha value is -5.78. The molecule has 0 aliphatic rings. The predicted octanol–water partition coefficient (Wildman–Crippen LogP) is 6.71. The van der Waals surface area contributed by atoms with Gasteiger partial charge in [-0.25, -0.2) is 13.3 Å². The van der Waals surface area contributed by atoms with E-state index in [9.17, 15) is 14.0 Å². The van der Waals surface area contributed by atoms with Gasteiger partial charge in [0, 0.05) is 29.3 Å². The third kappa shape index (κ3) is 5.77. The Morgan fingerprint density at radius 2 is 1.84 bits per heavy atom. The summed E-state index contributed by atoms with van der Waals surface area (Å²) >= 11 is 0. The minimum absolute atomic E-state index is 0.00210. The standard InChI is InChI=1S/C33H28F2N6O4/c1-4-40-28-15-25(21-16-36-37-17-21)29(14-20(28)18-38-40)45-31-26(35)6-5-7-27(31)39-32(42)24-12-13-30(44-19(2)3)41(33(24)43)23-10-8-22(34)9-11-23/h5-19H,4H2,1-3H3,(H,36,37)(H,39,42). The molecule has 12 heteroatoms. The lowest BCUT2D eigenvalue weighted by Gasteiger charge is -2.18. The van der Waals surface area contributed by atoms with Crippen LogP contribution < -0.4 is 20.3 Å². The quantitative estimate of drug-likeness (QED) is 0.188. The van der Waals surface area contributed by atoms with E-state index in [0.717, 1.165) is 10.9 Å². The van der Waals surface area contributed by atoms with E-state index in [-0.39, 0.29) is 29.0 Å².